The Morgan fingerprint density at radius 1 is 1.15 bits per heavy atom. The summed E-state index contributed by atoms with van der Waals surface area (Å²) in [5.41, 5.74) is 2.37. The monoisotopic (exact) mass is 579 g/mol. The second-order valence-corrected chi connectivity index (χ2v) is 10.2. The van der Waals surface area contributed by atoms with Crippen LogP contribution in [0.3, 0.4) is 0 Å². The van der Waals surface area contributed by atoms with Crippen LogP contribution in [-0.4, -0.2) is 86.7 Å². The van der Waals surface area contributed by atoms with Gasteiger partial charge in [0.15, 0.2) is 17.9 Å². The van der Waals surface area contributed by atoms with Crippen molar-refractivity contribution < 1.29 is 54.1 Å². The van der Waals surface area contributed by atoms with Crippen molar-refractivity contribution in [3.05, 3.63) is 51.6 Å². The second-order valence-electron chi connectivity index (χ2n) is 10.2. The molecule has 13 heteroatoms. The maximum absolute atomic E-state index is 13.6. The molecule has 216 valence electrons. The van der Waals surface area contributed by atoms with Gasteiger partial charge in [0.05, 0.1) is 42.1 Å². The zero-order valence-corrected chi connectivity index (χ0v) is 22.4. The summed E-state index contributed by atoms with van der Waals surface area (Å²) in [6.45, 7) is 0.560. The van der Waals surface area contributed by atoms with E-state index in [1.54, 1.807) is 6.92 Å². The van der Waals surface area contributed by atoms with Crippen molar-refractivity contribution in [3.8, 4) is 17.2 Å². The van der Waals surface area contributed by atoms with Crippen molar-refractivity contribution in [2.75, 3.05) is 13.7 Å². The Labute approximate surface area is 234 Å². The number of carbonyl (C=O) groups is 3. The average molecular weight is 580 g/mol. The fraction of sp³-hybridized carbons (Fsp3) is 0.444. The number of aromatic hydroxyl groups is 2. The van der Waals surface area contributed by atoms with Gasteiger partial charge in [-0.1, -0.05) is 12.1 Å². The standard InChI is InChI=1S/C27H29NO11.ClH/c1-10-22(31)13(28)6-17(38-10)39-15-8-27(36,16(30)9-29)7-12-19(15)26(35)21-20(24(12)33)23(32)11-4-3-5-14(37-2)18(11)25(21)34;/h3-5,10,13,15,17,22,29,31,33,35-36H,6-9,28H2,1-2H3;1H/t10-,13+,15+,17-,22-,27-;/m0./s1. The van der Waals surface area contributed by atoms with Gasteiger partial charge in [-0.15, -0.1) is 12.4 Å². The van der Waals surface area contributed by atoms with Gasteiger partial charge in [-0.2, -0.15) is 0 Å². The van der Waals surface area contributed by atoms with E-state index in [1.165, 1.54) is 25.3 Å². The molecule has 0 radical (unpaired) electrons. The molecule has 3 aliphatic rings. The number of halogens is 1. The molecule has 2 aromatic carbocycles. The lowest BCUT2D eigenvalue weighted by Crippen LogP contribution is -2.53. The number of benzene rings is 2. The van der Waals surface area contributed by atoms with E-state index in [9.17, 15) is 39.9 Å². The Kier molecular flexibility index (Phi) is 8.00. The molecule has 0 aromatic heterocycles. The molecule has 7 N–H and O–H groups in total. The molecule has 1 heterocycles. The molecule has 12 nitrogen and oxygen atoms in total. The average Bonchev–Trinajstić information content (AvgIpc) is 2.90. The molecule has 1 fully saturated rings. The topological polar surface area (TPSA) is 206 Å². The van der Waals surface area contributed by atoms with Crippen molar-refractivity contribution in [1.82, 2.24) is 0 Å². The molecule has 0 unspecified atom stereocenters. The van der Waals surface area contributed by atoms with Crippen LogP contribution >= 0.6 is 12.4 Å². The molecular formula is C27H30ClNO11. The minimum absolute atomic E-state index is 0. The maximum atomic E-state index is 13.6. The summed E-state index contributed by atoms with van der Waals surface area (Å²) in [4.78, 5) is 39.7. The lowest BCUT2D eigenvalue weighted by Gasteiger charge is -2.42. The number of carbonyl (C=O) groups excluding carboxylic acids is 3. The Morgan fingerprint density at radius 3 is 2.45 bits per heavy atom. The summed E-state index contributed by atoms with van der Waals surface area (Å²) in [7, 11) is 1.32. The highest BCUT2D eigenvalue weighted by atomic mass is 35.5. The molecule has 6 atom stereocenters. The van der Waals surface area contributed by atoms with E-state index in [1.807, 2.05) is 0 Å². The lowest BCUT2D eigenvalue weighted by molar-refractivity contribution is -0.247. The zero-order chi connectivity index (χ0) is 28.4. The molecule has 0 bridgehead atoms. The van der Waals surface area contributed by atoms with Gasteiger partial charge in [0, 0.05) is 42.0 Å². The maximum Gasteiger partial charge on any atom is 0.202 e. The first-order chi connectivity index (χ1) is 18.4. The highest BCUT2D eigenvalue weighted by Crippen LogP contribution is 2.52. The Hall–Kier alpha value is -3.10. The van der Waals surface area contributed by atoms with Gasteiger partial charge in [0.2, 0.25) is 5.78 Å². The summed E-state index contributed by atoms with van der Waals surface area (Å²) in [5, 5.41) is 53.7. The van der Waals surface area contributed by atoms with Crippen molar-refractivity contribution in [2.45, 2.75) is 62.4 Å². The number of Topliss-reactive ketones (excluding diaryl/α,β-unsaturated/α-hetero) is 1. The Bertz CT molecular complexity index is 1380. The van der Waals surface area contributed by atoms with Gasteiger partial charge >= 0.3 is 0 Å². The van der Waals surface area contributed by atoms with Crippen LogP contribution in [0.15, 0.2) is 18.2 Å². The van der Waals surface area contributed by atoms with Gasteiger partial charge in [0.25, 0.3) is 0 Å². The highest BCUT2D eigenvalue weighted by molar-refractivity contribution is 6.31. The van der Waals surface area contributed by atoms with Crippen molar-refractivity contribution >= 4 is 29.8 Å². The van der Waals surface area contributed by atoms with Crippen LogP contribution in [0.4, 0.5) is 0 Å². The molecule has 0 amide bonds. The van der Waals surface area contributed by atoms with Crippen LogP contribution < -0.4 is 10.5 Å². The van der Waals surface area contributed by atoms with Crippen LogP contribution in [-0.2, 0) is 20.7 Å². The number of rotatable bonds is 5. The number of phenols is 2. The zero-order valence-electron chi connectivity index (χ0n) is 21.6. The fourth-order valence-corrected chi connectivity index (χ4v) is 5.75. The number of phenolic OH excluding ortho intramolecular Hbond substituents is 2. The summed E-state index contributed by atoms with van der Waals surface area (Å²) in [6, 6.07) is 3.64. The van der Waals surface area contributed by atoms with Crippen molar-refractivity contribution in [1.29, 1.82) is 0 Å². The van der Waals surface area contributed by atoms with Crippen LogP contribution in [0.5, 0.6) is 17.2 Å². The fourth-order valence-electron chi connectivity index (χ4n) is 5.75. The quantitative estimate of drug-likeness (QED) is 0.227. The summed E-state index contributed by atoms with van der Waals surface area (Å²) in [5.74, 6) is -3.77. The number of ketones is 3. The van der Waals surface area contributed by atoms with Gasteiger partial charge in [0.1, 0.15) is 29.5 Å². The number of hydrogen-bond acceptors (Lipinski definition) is 12. The highest BCUT2D eigenvalue weighted by Gasteiger charge is 2.50. The SMILES string of the molecule is COc1cccc2c1C(=O)c1c(O)c3c(c(O)c1C2=O)C[C@@](O)(C(=O)CO)C[C@H]3O[C@H]1C[C@@H](N)[C@@H](O)[C@H](C)O1.Cl. The van der Waals surface area contributed by atoms with E-state index in [-0.39, 0.29) is 46.8 Å². The minimum atomic E-state index is -2.24. The molecular weight excluding hydrogens is 550 g/mol. The van der Waals surface area contributed by atoms with Gasteiger partial charge in [-0.3, -0.25) is 14.4 Å². The first-order valence-corrected chi connectivity index (χ1v) is 12.4. The Balaban J connectivity index is 0.00000370. The molecule has 2 aromatic rings. The number of ether oxygens (including phenoxy) is 3. The van der Waals surface area contributed by atoms with E-state index in [0.717, 1.165) is 0 Å². The number of hydrogen-bond donors (Lipinski definition) is 6. The van der Waals surface area contributed by atoms with E-state index < -0.39 is 95.7 Å². The molecule has 1 aliphatic heterocycles. The predicted octanol–water partition coefficient (Wildman–Crippen LogP) is 0.423. The lowest BCUT2D eigenvalue weighted by atomic mass is 9.72. The Morgan fingerprint density at radius 2 is 1.82 bits per heavy atom. The third-order valence-corrected chi connectivity index (χ3v) is 7.81. The first kappa shape index (κ1) is 29.9. The van der Waals surface area contributed by atoms with Crippen molar-refractivity contribution in [2.24, 2.45) is 5.73 Å². The van der Waals surface area contributed by atoms with Crippen LogP contribution in [0.25, 0.3) is 0 Å². The summed E-state index contributed by atoms with van der Waals surface area (Å²) < 4.78 is 17.0. The van der Waals surface area contributed by atoms with E-state index in [4.69, 9.17) is 19.9 Å². The third-order valence-electron chi connectivity index (χ3n) is 7.81. The molecule has 5 rings (SSSR count). The smallest absolute Gasteiger partial charge is 0.202 e. The van der Waals surface area contributed by atoms with Gasteiger partial charge < -0.3 is 45.5 Å². The predicted molar refractivity (Wildman–Crippen MR) is 139 cm³/mol. The number of methoxy groups -OCH3 is 1. The number of aliphatic hydroxyl groups excluding tert-OH is 2. The molecule has 2 aliphatic carbocycles. The van der Waals surface area contributed by atoms with Gasteiger partial charge in [-0.25, -0.2) is 0 Å². The second kappa shape index (κ2) is 10.7. The van der Waals surface area contributed by atoms with Crippen LogP contribution in [0, 0.1) is 0 Å². The molecule has 0 saturated carbocycles. The van der Waals surface area contributed by atoms with E-state index in [0.29, 0.717) is 0 Å². The first-order valence-electron chi connectivity index (χ1n) is 12.4. The van der Waals surface area contributed by atoms with Gasteiger partial charge in [-0.05, 0) is 13.0 Å². The number of aliphatic hydroxyl groups is 3. The van der Waals surface area contributed by atoms with Crippen LogP contribution in [0.2, 0.25) is 0 Å². The summed E-state index contributed by atoms with van der Waals surface area (Å²) in [6.07, 6.45) is -5.12. The minimum Gasteiger partial charge on any atom is -0.507 e. The number of fused-ring (bicyclic) bond motifs is 3. The third kappa shape index (κ3) is 4.45. The largest absolute Gasteiger partial charge is 0.507 e. The van der Waals surface area contributed by atoms with Crippen LogP contribution in [0.1, 0.15) is 68.8 Å². The molecule has 40 heavy (non-hydrogen) atoms. The molecule has 0 spiro atoms. The molecule has 1 saturated heterocycles. The summed E-state index contributed by atoms with van der Waals surface area (Å²) >= 11 is 0. The number of nitrogens with two attached hydrogens (primary N) is 1. The van der Waals surface area contributed by atoms with E-state index in [2.05, 4.69) is 0 Å². The normalized spacial score (nSPS) is 29.1. The van der Waals surface area contributed by atoms with Crippen molar-refractivity contribution in [3.63, 3.8) is 0 Å². The van der Waals surface area contributed by atoms with E-state index >= 15 is 0 Å².